The summed E-state index contributed by atoms with van der Waals surface area (Å²) in [6.07, 6.45) is 6.44. The number of hydrogen-bond acceptors (Lipinski definition) is 5. The van der Waals surface area contributed by atoms with Crippen LogP contribution in [0.4, 0.5) is 5.69 Å². The van der Waals surface area contributed by atoms with Crippen LogP contribution < -0.4 is 0 Å². The molecule has 0 bridgehead atoms. The SMILES string of the molecule is O=[N+]([O-])c1cnn(CC(O)CN(C2CC2)C2Cc3ccccc3C2)c1. The topological polar surface area (TPSA) is 84.4 Å². The number of nitrogens with zero attached hydrogens (tertiary/aromatic N) is 4. The summed E-state index contributed by atoms with van der Waals surface area (Å²) in [6, 6.07) is 9.55. The lowest BCUT2D eigenvalue weighted by atomic mass is 10.1. The number of aliphatic hydroxyl groups excluding tert-OH is 1. The van der Waals surface area contributed by atoms with Crippen molar-refractivity contribution >= 4 is 5.69 Å². The van der Waals surface area contributed by atoms with Crippen LogP contribution in [0.5, 0.6) is 0 Å². The molecule has 1 unspecified atom stereocenters. The van der Waals surface area contributed by atoms with E-state index in [0.29, 0.717) is 18.6 Å². The molecule has 7 nitrogen and oxygen atoms in total. The van der Waals surface area contributed by atoms with Crippen LogP contribution in [0.15, 0.2) is 36.7 Å². The van der Waals surface area contributed by atoms with E-state index in [1.165, 1.54) is 41.0 Å². The average Bonchev–Trinajstić information content (AvgIpc) is 3.16. The summed E-state index contributed by atoms with van der Waals surface area (Å²) >= 11 is 0. The normalized spacial score (nSPS) is 18.5. The molecule has 1 atom stereocenters. The Bertz CT molecular complexity index is 746. The molecule has 1 heterocycles. The summed E-state index contributed by atoms with van der Waals surface area (Å²) < 4.78 is 1.46. The van der Waals surface area contributed by atoms with Gasteiger partial charge in [-0.05, 0) is 36.8 Å². The van der Waals surface area contributed by atoms with Crippen molar-refractivity contribution < 1.29 is 10.0 Å². The van der Waals surface area contributed by atoms with Gasteiger partial charge in [-0.1, -0.05) is 24.3 Å². The minimum absolute atomic E-state index is 0.0440. The lowest BCUT2D eigenvalue weighted by Gasteiger charge is -2.30. The van der Waals surface area contributed by atoms with Crippen molar-refractivity contribution in [3.63, 3.8) is 0 Å². The predicted molar refractivity (Wildman–Crippen MR) is 92.3 cm³/mol. The monoisotopic (exact) mass is 342 g/mol. The van der Waals surface area contributed by atoms with E-state index in [2.05, 4.69) is 34.3 Å². The molecule has 7 heteroatoms. The number of aromatic nitrogens is 2. The predicted octanol–water partition coefficient (Wildman–Crippen LogP) is 1.78. The van der Waals surface area contributed by atoms with Crippen LogP contribution in [0, 0.1) is 10.1 Å². The van der Waals surface area contributed by atoms with Crippen LogP contribution in [-0.2, 0) is 19.4 Å². The lowest BCUT2D eigenvalue weighted by molar-refractivity contribution is -0.385. The van der Waals surface area contributed by atoms with Gasteiger partial charge in [0.25, 0.3) is 0 Å². The molecule has 0 saturated heterocycles. The maximum absolute atomic E-state index is 10.7. The summed E-state index contributed by atoms with van der Waals surface area (Å²) in [5, 5.41) is 25.2. The number of aliphatic hydroxyl groups is 1. The van der Waals surface area contributed by atoms with Gasteiger partial charge in [0.05, 0.1) is 17.6 Å². The van der Waals surface area contributed by atoms with Gasteiger partial charge in [-0.2, -0.15) is 5.10 Å². The molecule has 4 rings (SSSR count). The summed E-state index contributed by atoms with van der Waals surface area (Å²) in [5.41, 5.74) is 2.78. The van der Waals surface area contributed by atoms with E-state index in [0.717, 1.165) is 12.8 Å². The minimum atomic E-state index is -0.594. The molecule has 0 spiro atoms. The molecule has 2 aliphatic carbocycles. The highest BCUT2D eigenvalue weighted by Crippen LogP contribution is 2.34. The van der Waals surface area contributed by atoms with Gasteiger partial charge < -0.3 is 5.11 Å². The smallest absolute Gasteiger partial charge is 0.306 e. The third-order valence-corrected chi connectivity index (χ3v) is 5.16. The van der Waals surface area contributed by atoms with E-state index in [4.69, 9.17) is 0 Å². The van der Waals surface area contributed by atoms with Crippen molar-refractivity contribution in [2.24, 2.45) is 0 Å². The molecule has 1 N–H and O–H groups in total. The number of benzene rings is 1. The van der Waals surface area contributed by atoms with Gasteiger partial charge >= 0.3 is 5.69 Å². The van der Waals surface area contributed by atoms with Gasteiger partial charge in [-0.25, -0.2) is 0 Å². The summed E-state index contributed by atoms with van der Waals surface area (Å²) in [6.45, 7) is 0.855. The Hall–Kier alpha value is -2.25. The Morgan fingerprint density at radius 2 is 1.96 bits per heavy atom. The van der Waals surface area contributed by atoms with Crippen LogP contribution in [-0.4, -0.2) is 49.4 Å². The second-order valence-electron chi connectivity index (χ2n) is 7.09. The molecule has 132 valence electrons. The summed E-state index contributed by atoms with van der Waals surface area (Å²) in [7, 11) is 0. The highest BCUT2D eigenvalue weighted by Gasteiger charge is 2.37. The van der Waals surface area contributed by atoms with E-state index in [-0.39, 0.29) is 12.2 Å². The van der Waals surface area contributed by atoms with Crippen LogP contribution in [0.25, 0.3) is 0 Å². The molecular formula is C18H22N4O3. The van der Waals surface area contributed by atoms with Crippen molar-refractivity contribution in [1.82, 2.24) is 14.7 Å². The van der Waals surface area contributed by atoms with E-state index < -0.39 is 11.0 Å². The molecule has 1 aromatic carbocycles. The number of rotatable bonds is 7. The molecule has 0 aliphatic heterocycles. The first kappa shape index (κ1) is 16.2. The second-order valence-corrected chi connectivity index (χ2v) is 7.09. The van der Waals surface area contributed by atoms with E-state index in [1.807, 2.05) is 0 Å². The Labute approximate surface area is 146 Å². The minimum Gasteiger partial charge on any atom is -0.390 e. The molecule has 1 aromatic heterocycles. The molecule has 2 aromatic rings. The molecule has 2 aliphatic rings. The zero-order chi connectivity index (χ0) is 17.4. The maximum atomic E-state index is 10.7. The van der Waals surface area contributed by atoms with Crippen molar-refractivity contribution in [2.45, 2.75) is 50.4 Å². The van der Waals surface area contributed by atoms with Gasteiger partial charge in [0, 0.05) is 18.6 Å². The number of fused-ring (bicyclic) bond motifs is 1. The first-order chi connectivity index (χ1) is 12.1. The van der Waals surface area contributed by atoms with Crippen LogP contribution in [0.1, 0.15) is 24.0 Å². The van der Waals surface area contributed by atoms with E-state index in [1.54, 1.807) is 0 Å². The van der Waals surface area contributed by atoms with Gasteiger partial charge in [0.15, 0.2) is 0 Å². The third-order valence-electron chi connectivity index (χ3n) is 5.16. The van der Waals surface area contributed by atoms with E-state index in [9.17, 15) is 15.2 Å². The molecule has 0 amide bonds. The van der Waals surface area contributed by atoms with Crippen LogP contribution >= 0.6 is 0 Å². The van der Waals surface area contributed by atoms with Gasteiger partial charge in [-0.3, -0.25) is 19.7 Å². The van der Waals surface area contributed by atoms with Crippen molar-refractivity contribution in [1.29, 1.82) is 0 Å². The number of nitro groups is 1. The molecule has 25 heavy (non-hydrogen) atoms. The Balaban J connectivity index is 1.39. The Morgan fingerprint density at radius 3 is 2.52 bits per heavy atom. The zero-order valence-electron chi connectivity index (χ0n) is 14.0. The largest absolute Gasteiger partial charge is 0.390 e. The fourth-order valence-corrected chi connectivity index (χ4v) is 3.84. The van der Waals surface area contributed by atoms with Gasteiger partial charge in [-0.15, -0.1) is 0 Å². The molecular weight excluding hydrogens is 320 g/mol. The Morgan fingerprint density at radius 1 is 1.28 bits per heavy atom. The van der Waals surface area contributed by atoms with Gasteiger partial charge in [0.1, 0.15) is 12.4 Å². The van der Waals surface area contributed by atoms with Crippen molar-refractivity contribution in [3.05, 3.63) is 57.9 Å². The second kappa shape index (κ2) is 6.57. The third kappa shape index (κ3) is 3.57. The molecule has 0 radical (unpaired) electrons. The Kier molecular flexibility index (Phi) is 4.27. The maximum Gasteiger partial charge on any atom is 0.306 e. The zero-order valence-corrected chi connectivity index (χ0v) is 14.0. The standard InChI is InChI=1S/C18H22N4O3/c23-18(11-20-10-17(9-19-20)22(24)25)12-21(15-5-6-15)16-7-13-3-1-2-4-14(13)8-16/h1-4,9-10,15-16,18,23H,5-8,11-12H2. The van der Waals surface area contributed by atoms with Gasteiger partial charge in [0.2, 0.25) is 0 Å². The lowest BCUT2D eigenvalue weighted by Crippen LogP contribution is -2.43. The average molecular weight is 342 g/mol. The fraction of sp³-hybridized carbons (Fsp3) is 0.500. The summed E-state index contributed by atoms with van der Waals surface area (Å²) in [4.78, 5) is 12.7. The highest BCUT2D eigenvalue weighted by atomic mass is 16.6. The van der Waals surface area contributed by atoms with Crippen molar-refractivity contribution in [3.8, 4) is 0 Å². The van der Waals surface area contributed by atoms with E-state index >= 15 is 0 Å². The number of hydrogen-bond donors (Lipinski definition) is 1. The first-order valence-corrected chi connectivity index (χ1v) is 8.77. The summed E-state index contributed by atoms with van der Waals surface area (Å²) in [5.74, 6) is 0. The van der Waals surface area contributed by atoms with Crippen molar-refractivity contribution in [2.75, 3.05) is 6.54 Å². The van der Waals surface area contributed by atoms with Crippen LogP contribution in [0.3, 0.4) is 0 Å². The molecule has 1 saturated carbocycles. The first-order valence-electron chi connectivity index (χ1n) is 8.77. The highest BCUT2D eigenvalue weighted by molar-refractivity contribution is 5.33. The quantitative estimate of drug-likeness (QED) is 0.612. The molecule has 1 fully saturated rings. The fourth-order valence-electron chi connectivity index (χ4n) is 3.84. The van der Waals surface area contributed by atoms with Crippen LogP contribution in [0.2, 0.25) is 0 Å².